The fourth-order valence-electron chi connectivity index (χ4n) is 2.66. The molecule has 0 atom stereocenters. The second-order valence-electron chi connectivity index (χ2n) is 5.16. The molecule has 108 valence electrons. The Hall–Kier alpha value is -1.81. The summed E-state index contributed by atoms with van der Waals surface area (Å²) in [7, 11) is 0. The number of aryl methyl sites for hydroxylation is 2. The SMILES string of the molecule is O=C(O)c1cccc(CSc2ccc3c(c2)CCC3)c1F. The van der Waals surface area contributed by atoms with Crippen LogP contribution in [0, 0.1) is 5.82 Å². The predicted molar refractivity (Wildman–Crippen MR) is 81.4 cm³/mol. The van der Waals surface area contributed by atoms with Crippen LogP contribution >= 0.6 is 11.8 Å². The third-order valence-corrected chi connectivity index (χ3v) is 4.82. The highest BCUT2D eigenvalue weighted by molar-refractivity contribution is 7.98. The van der Waals surface area contributed by atoms with Crippen molar-refractivity contribution in [2.75, 3.05) is 0 Å². The van der Waals surface area contributed by atoms with E-state index in [0.29, 0.717) is 11.3 Å². The lowest BCUT2D eigenvalue weighted by Crippen LogP contribution is -2.02. The number of carboxylic acid groups (broad SMARTS) is 1. The third kappa shape index (κ3) is 2.95. The zero-order chi connectivity index (χ0) is 14.8. The van der Waals surface area contributed by atoms with E-state index in [1.807, 2.05) is 0 Å². The van der Waals surface area contributed by atoms with Crippen molar-refractivity contribution in [1.82, 2.24) is 0 Å². The number of halogens is 1. The van der Waals surface area contributed by atoms with Gasteiger partial charge in [0.1, 0.15) is 5.82 Å². The van der Waals surface area contributed by atoms with E-state index in [1.54, 1.807) is 23.9 Å². The summed E-state index contributed by atoms with van der Waals surface area (Å²) in [6.07, 6.45) is 3.47. The van der Waals surface area contributed by atoms with Crippen molar-refractivity contribution in [3.63, 3.8) is 0 Å². The van der Waals surface area contributed by atoms with Gasteiger partial charge in [-0.25, -0.2) is 9.18 Å². The highest BCUT2D eigenvalue weighted by Gasteiger charge is 2.15. The molecule has 0 heterocycles. The van der Waals surface area contributed by atoms with Crippen LogP contribution < -0.4 is 0 Å². The Morgan fingerprint density at radius 3 is 2.81 bits per heavy atom. The van der Waals surface area contributed by atoms with Crippen LogP contribution in [0.15, 0.2) is 41.3 Å². The van der Waals surface area contributed by atoms with Gasteiger partial charge in [-0.1, -0.05) is 18.2 Å². The molecule has 1 aliphatic rings. The molecule has 3 rings (SSSR count). The molecule has 0 unspecified atom stereocenters. The largest absolute Gasteiger partial charge is 0.478 e. The molecule has 0 radical (unpaired) electrons. The van der Waals surface area contributed by atoms with Gasteiger partial charge in [-0.15, -0.1) is 11.8 Å². The van der Waals surface area contributed by atoms with Gasteiger partial charge in [-0.3, -0.25) is 0 Å². The van der Waals surface area contributed by atoms with Crippen LogP contribution in [0.2, 0.25) is 0 Å². The van der Waals surface area contributed by atoms with Gasteiger partial charge in [-0.05, 0) is 54.2 Å². The number of hydrogen-bond donors (Lipinski definition) is 1. The molecule has 0 saturated heterocycles. The molecule has 2 aromatic rings. The van der Waals surface area contributed by atoms with Gasteiger partial charge in [0.25, 0.3) is 0 Å². The molecule has 1 aliphatic carbocycles. The highest BCUT2D eigenvalue weighted by atomic mass is 32.2. The Balaban J connectivity index is 1.76. The molecule has 21 heavy (non-hydrogen) atoms. The van der Waals surface area contributed by atoms with Crippen molar-refractivity contribution in [3.8, 4) is 0 Å². The molecule has 0 aromatic heterocycles. The van der Waals surface area contributed by atoms with E-state index in [9.17, 15) is 9.18 Å². The lowest BCUT2D eigenvalue weighted by atomic mass is 10.1. The minimum absolute atomic E-state index is 0.262. The van der Waals surface area contributed by atoms with Gasteiger partial charge in [0.2, 0.25) is 0 Å². The van der Waals surface area contributed by atoms with Gasteiger partial charge in [0, 0.05) is 10.6 Å². The van der Waals surface area contributed by atoms with Gasteiger partial charge in [0.15, 0.2) is 0 Å². The van der Waals surface area contributed by atoms with Crippen LogP contribution in [-0.2, 0) is 18.6 Å². The van der Waals surface area contributed by atoms with E-state index >= 15 is 0 Å². The lowest BCUT2D eigenvalue weighted by molar-refractivity contribution is 0.0691. The second kappa shape index (κ2) is 5.90. The van der Waals surface area contributed by atoms with Crippen molar-refractivity contribution in [2.45, 2.75) is 29.9 Å². The summed E-state index contributed by atoms with van der Waals surface area (Å²) in [5, 5.41) is 8.93. The van der Waals surface area contributed by atoms with Crippen LogP contribution in [0.4, 0.5) is 4.39 Å². The Morgan fingerprint density at radius 2 is 2.00 bits per heavy atom. The Bertz CT molecular complexity index is 697. The smallest absolute Gasteiger partial charge is 0.338 e. The summed E-state index contributed by atoms with van der Waals surface area (Å²) in [4.78, 5) is 12.0. The van der Waals surface area contributed by atoms with E-state index in [-0.39, 0.29) is 5.56 Å². The maximum absolute atomic E-state index is 14.1. The van der Waals surface area contributed by atoms with E-state index in [0.717, 1.165) is 17.7 Å². The van der Waals surface area contributed by atoms with E-state index in [1.165, 1.54) is 23.6 Å². The average molecular weight is 302 g/mol. The molecule has 2 aromatic carbocycles. The van der Waals surface area contributed by atoms with Crippen LogP contribution in [0.25, 0.3) is 0 Å². The first-order valence-corrected chi connectivity index (χ1v) is 7.89. The zero-order valence-corrected chi connectivity index (χ0v) is 12.3. The number of carboxylic acids is 1. The number of carbonyl (C=O) groups is 1. The van der Waals surface area contributed by atoms with Crippen molar-refractivity contribution in [3.05, 3.63) is 64.5 Å². The molecular weight excluding hydrogens is 287 g/mol. The summed E-state index contributed by atoms with van der Waals surface area (Å²) >= 11 is 1.54. The lowest BCUT2D eigenvalue weighted by Gasteiger charge is -2.07. The normalized spacial score (nSPS) is 13.2. The van der Waals surface area contributed by atoms with Gasteiger partial charge < -0.3 is 5.11 Å². The molecule has 1 N–H and O–H groups in total. The third-order valence-electron chi connectivity index (χ3n) is 3.77. The van der Waals surface area contributed by atoms with E-state index < -0.39 is 11.8 Å². The first-order chi connectivity index (χ1) is 10.1. The summed E-state index contributed by atoms with van der Waals surface area (Å²) in [6, 6.07) is 10.9. The molecule has 0 fully saturated rings. The highest BCUT2D eigenvalue weighted by Crippen LogP contribution is 2.30. The number of rotatable bonds is 4. The Kier molecular flexibility index (Phi) is 3.97. The van der Waals surface area contributed by atoms with E-state index in [4.69, 9.17) is 5.11 Å². The number of hydrogen-bond acceptors (Lipinski definition) is 2. The van der Waals surface area contributed by atoms with Gasteiger partial charge >= 0.3 is 5.97 Å². The van der Waals surface area contributed by atoms with Crippen molar-refractivity contribution in [2.24, 2.45) is 0 Å². The predicted octanol–water partition coefficient (Wildman–Crippen LogP) is 4.30. The van der Waals surface area contributed by atoms with Crippen molar-refractivity contribution < 1.29 is 14.3 Å². The molecule has 0 spiro atoms. The first-order valence-electron chi connectivity index (χ1n) is 6.90. The number of thioether (sulfide) groups is 1. The molecule has 2 nitrogen and oxygen atoms in total. The molecular formula is C17H15FO2S. The monoisotopic (exact) mass is 302 g/mol. The van der Waals surface area contributed by atoms with Crippen LogP contribution in [0.3, 0.4) is 0 Å². The summed E-state index contributed by atoms with van der Waals surface area (Å²) in [5.41, 5.74) is 2.97. The topological polar surface area (TPSA) is 37.3 Å². The number of fused-ring (bicyclic) bond motifs is 1. The minimum atomic E-state index is -1.23. The Morgan fingerprint density at radius 1 is 1.19 bits per heavy atom. The molecule has 4 heteroatoms. The van der Waals surface area contributed by atoms with Crippen LogP contribution in [0.5, 0.6) is 0 Å². The number of aromatic carboxylic acids is 1. The quantitative estimate of drug-likeness (QED) is 0.855. The maximum Gasteiger partial charge on any atom is 0.338 e. The molecule has 0 amide bonds. The standard InChI is InChI=1S/C17H15FO2S/c18-16-13(5-2-6-15(16)17(19)20)10-21-14-8-7-11-3-1-4-12(11)9-14/h2,5-9H,1,3-4,10H2,(H,19,20). The molecule has 0 saturated carbocycles. The first kappa shape index (κ1) is 14.1. The van der Waals surface area contributed by atoms with Crippen LogP contribution in [-0.4, -0.2) is 11.1 Å². The number of benzene rings is 2. The second-order valence-corrected chi connectivity index (χ2v) is 6.21. The summed E-state index contributed by atoms with van der Waals surface area (Å²) < 4.78 is 14.1. The fraction of sp³-hybridized carbons (Fsp3) is 0.235. The van der Waals surface area contributed by atoms with Crippen LogP contribution in [0.1, 0.15) is 33.5 Å². The minimum Gasteiger partial charge on any atom is -0.478 e. The summed E-state index contributed by atoms with van der Waals surface area (Å²) in [5.74, 6) is -1.42. The summed E-state index contributed by atoms with van der Waals surface area (Å²) in [6.45, 7) is 0. The fourth-order valence-corrected chi connectivity index (χ4v) is 3.59. The Labute approximate surface area is 127 Å². The maximum atomic E-state index is 14.1. The molecule has 0 aliphatic heterocycles. The van der Waals surface area contributed by atoms with E-state index in [2.05, 4.69) is 18.2 Å². The van der Waals surface area contributed by atoms with Gasteiger partial charge in [0.05, 0.1) is 5.56 Å². The van der Waals surface area contributed by atoms with Crippen molar-refractivity contribution in [1.29, 1.82) is 0 Å². The van der Waals surface area contributed by atoms with Crippen molar-refractivity contribution >= 4 is 17.7 Å². The average Bonchev–Trinajstić information content (AvgIpc) is 2.93. The zero-order valence-electron chi connectivity index (χ0n) is 11.4. The van der Waals surface area contributed by atoms with Gasteiger partial charge in [-0.2, -0.15) is 0 Å². The molecule has 0 bridgehead atoms.